The molecule has 1 saturated carbocycles. The fourth-order valence-corrected chi connectivity index (χ4v) is 3.62. The normalized spacial score (nSPS) is 28.8. The zero-order valence-electron chi connectivity index (χ0n) is 9.53. The Morgan fingerprint density at radius 2 is 1.81 bits per heavy atom. The van der Waals surface area contributed by atoms with Gasteiger partial charge in [0.2, 0.25) is 0 Å². The van der Waals surface area contributed by atoms with Crippen molar-refractivity contribution in [1.29, 1.82) is 0 Å². The van der Waals surface area contributed by atoms with Crippen LogP contribution in [0.1, 0.15) is 18.4 Å². The van der Waals surface area contributed by atoms with E-state index in [1.165, 1.54) is 48.9 Å². The maximum atomic E-state index is 3.62. The molecule has 2 bridgehead atoms. The molecule has 1 nitrogen and oxygen atoms in total. The van der Waals surface area contributed by atoms with Gasteiger partial charge in [0.15, 0.2) is 0 Å². The molecule has 0 N–H and O–H groups in total. The molecule has 3 fully saturated rings. The van der Waals surface area contributed by atoms with Gasteiger partial charge in [0.05, 0.1) is 0 Å². The number of hydrogen-bond acceptors (Lipinski definition) is 1. The highest BCUT2D eigenvalue weighted by molar-refractivity contribution is 9.10. The molecule has 2 heterocycles. The maximum absolute atomic E-state index is 3.62. The van der Waals surface area contributed by atoms with Gasteiger partial charge < -0.3 is 4.90 Å². The Balaban J connectivity index is 1.55. The Morgan fingerprint density at radius 1 is 1.12 bits per heavy atom. The first-order chi connectivity index (χ1) is 7.81. The highest BCUT2D eigenvalue weighted by Gasteiger charge is 2.36. The predicted octanol–water partition coefficient (Wildman–Crippen LogP) is 3.33. The van der Waals surface area contributed by atoms with Crippen LogP contribution in [0.4, 0.5) is 0 Å². The van der Waals surface area contributed by atoms with Gasteiger partial charge in [-0.1, -0.05) is 34.1 Å². The van der Waals surface area contributed by atoms with Crippen molar-refractivity contribution in [3.8, 4) is 0 Å². The largest absolute Gasteiger partial charge is 0.302 e. The second-order valence-corrected chi connectivity index (χ2v) is 6.16. The Morgan fingerprint density at radius 3 is 2.50 bits per heavy atom. The van der Waals surface area contributed by atoms with E-state index < -0.39 is 0 Å². The van der Waals surface area contributed by atoms with Crippen LogP contribution in [0, 0.1) is 11.8 Å². The maximum Gasteiger partial charge on any atom is 0.0207 e. The fraction of sp³-hybridized carbons (Fsp3) is 0.571. The van der Waals surface area contributed by atoms with Gasteiger partial charge in [-0.2, -0.15) is 0 Å². The molecule has 2 saturated heterocycles. The van der Waals surface area contributed by atoms with Crippen LogP contribution in [0.25, 0.3) is 0 Å². The molecule has 0 unspecified atom stereocenters. The predicted molar refractivity (Wildman–Crippen MR) is 70.5 cm³/mol. The third-order valence-electron chi connectivity index (χ3n) is 4.02. The summed E-state index contributed by atoms with van der Waals surface area (Å²) >= 11 is 3.62. The molecule has 2 heteroatoms. The van der Waals surface area contributed by atoms with Crippen molar-refractivity contribution in [2.24, 2.45) is 11.8 Å². The Labute approximate surface area is 106 Å². The summed E-state index contributed by atoms with van der Waals surface area (Å²) in [7, 11) is 0. The first kappa shape index (κ1) is 10.8. The average molecular weight is 280 g/mol. The van der Waals surface area contributed by atoms with Gasteiger partial charge >= 0.3 is 0 Å². The van der Waals surface area contributed by atoms with Gasteiger partial charge in [-0.25, -0.2) is 0 Å². The van der Waals surface area contributed by atoms with Crippen LogP contribution in [-0.4, -0.2) is 24.5 Å². The van der Waals surface area contributed by atoms with E-state index in [2.05, 4.69) is 45.1 Å². The third kappa shape index (κ3) is 2.18. The van der Waals surface area contributed by atoms with Crippen LogP contribution < -0.4 is 0 Å². The first-order valence-electron chi connectivity index (χ1n) is 6.27. The van der Waals surface area contributed by atoms with Crippen molar-refractivity contribution in [2.75, 3.05) is 19.6 Å². The lowest BCUT2D eigenvalue weighted by Gasteiger charge is -2.47. The summed E-state index contributed by atoms with van der Waals surface area (Å²) in [6.45, 7) is 3.93. The number of piperidine rings is 2. The molecule has 1 aromatic rings. The van der Waals surface area contributed by atoms with E-state index in [4.69, 9.17) is 0 Å². The summed E-state index contributed by atoms with van der Waals surface area (Å²) in [5, 5.41) is 0. The van der Waals surface area contributed by atoms with Crippen LogP contribution in [0.3, 0.4) is 0 Å². The molecule has 2 aliphatic heterocycles. The van der Waals surface area contributed by atoms with Crippen molar-refractivity contribution in [3.05, 3.63) is 34.3 Å². The van der Waals surface area contributed by atoms with Gasteiger partial charge in [-0.05, 0) is 42.7 Å². The SMILES string of the molecule is Brc1ccccc1CCN1CC2CC(C2)C1. The summed E-state index contributed by atoms with van der Waals surface area (Å²) < 4.78 is 1.26. The minimum absolute atomic E-state index is 1.03. The van der Waals surface area contributed by atoms with E-state index in [-0.39, 0.29) is 0 Å². The Hall–Kier alpha value is -0.340. The first-order valence-corrected chi connectivity index (χ1v) is 7.06. The summed E-state index contributed by atoms with van der Waals surface area (Å²) in [5.41, 5.74) is 1.45. The van der Waals surface area contributed by atoms with Crippen molar-refractivity contribution < 1.29 is 0 Å². The van der Waals surface area contributed by atoms with Gasteiger partial charge in [-0.3, -0.25) is 0 Å². The van der Waals surface area contributed by atoms with Gasteiger partial charge in [-0.15, -0.1) is 0 Å². The topological polar surface area (TPSA) is 3.24 Å². The highest BCUT2D eigenvalue weighted by Crippen LogP contribution is 2.39. The Bertz CT molecular complexity index is 361. The van der Waals surface area contributed by atoms with Crippen molar-refractivity contribution in [1.82, 2.24) is 4.90 Å². The molecule has 86 valence electrons. The van der Waals surface area contributed by atoms with Crippen LogP contribution in [-0.2, 0) is 6.42 Å². The zero-order chi connectivity index (χ0) is 11.0. The minimum Gasteiger partial charge on any atom is -0.302 e. The number of rotatable bonds is 3. The van der Waals surface area contributed by atoms with E-state index in [0.29, 0.717) is 0 Å². The molecular formula is C14H18BrN. The van der Waals surface area contributed by atoms with Gasteiger partial charge in [0.1, 0.15) is 0 Å². The van der Waals surface area contributed by atoms with E-state index in [1.807, 2.05) is 0 Å². The number of hydrogen-bond donors (Lipinski definition) is 0. The summed E-state index contributed by atoms with van der Waals surface area (Å²) in [4.78, 5) is 2.65. The summed E-state index contributed by atoms with van der Waals surface area (Å²) in [5.74, 6) is 2.05. The lowest BCUT2D eigenvalue weighted by Crippen LogP contribution is -2.49. The van der Waals surface area contributed by atoms with E-state index in [0.717, 1.165) is 11.8 Å². The quantitative estimate of drug-likeness (QED) is 0.821. The molecule has 0 radical (unpaired) electrons. The van der Waals surface area contributed by atoms with Crippen molar-refractivity contribution in [3.63, 3.8) is 0 Å². The molecule has 1 aliphatic carbocycles. The number of benzene rings is 1. The van der Waals surface area contributed by atoms with Crippen molar-refractivity contribution >= 4 is 15.9 Å². The molecular weight excluding hydrogens is 262 g/mol. The van der Waals surface area contributed by atoms with E-state index >= 15 is 0 Å². The summed E-state index contributed by atoms with van der Waals surface area (Å²) in [6, 6.07) is 8.59. The molecule has 16 heavy (non-hydrogen) atoms. The monoisotopic (exact) mass is 279 g/mol. The fourth-order valence-electron chi connectivity index (χ4n) is 3.14. The van der Waals surface area contributed by atoms with Crippen LogP contribution in [0.15, 0.2) is 28.7 Å². The van der Waals surface area contributed by atoms with E-state index in [1.54, 1.807) is 0 Å². The van der Waals surface area contributed by atoms with Gasteiger partial charge in [0, 0.05) is 24.1 Å². The highest BCUT2D eigenvalue weighted by atomic mass is 79.9. The van der Waals surface area contributed by atoms with Crippen LogP contribution in [0.5, 0.6) is 0 Å². The Kier molecular flexibility index (Phi) is 3.03. The number of fused-ring (bicyclic) bond motifs is 2. The number of nitrogens with zero attached hydrogens (tertiary/aromatic N) is 1. The third-order valence-corrected chi connectivity index (χ3v) is 4.79. The second kappa shape index (κ2) is 4.50. The molecule has 1 aromatic carbocycles. The molecule has 4 rings (SSSR count). The number of halogens is 1. The lowest BCUT2D eigenvalue weighted by molar-refractivity contribution is 0.0284. The summed E-state index contributed by atoms with van der Waals surface area (Å²) in [6.07, 6.45) is 4.19. The van der Waals surface area contributed by atoms with Gasteiger partial charge in [0.25, 0.3) is 0 Å². The van der Waals surface area contributed by atoms with Crippen LogP contribution >= 0.6 is 15.9 Å². The second-order valence-electron chi connectivity index (χ2n) is 5.30. The molecule has 3 aliphatic rings. The smallest absolute Gasteiger partial charge is 0.0207 e. The standard InChI is InChI=1S/C14H18BrN/c15-14-4-2-1-3-13(14)5-6-16-9-11-7-12(8-11)10-16/h1-4,11-12H,5-10H2. The molecule has 0 spiro atoms. The molecule has 0 atom stereocenters. The molecule has 0 amide bonds. The molecule has 0 aromatic heterocycles. The zero-order valence-corrected chi connectivity index (χ0v) is 11.1. The van der Waals surface area contributed by atoms with E-state index in [9.17, 15) is 0 Å². The van der Waals surface area contributed by atoms with Crippen LogP contribution in [0.2, 0.25) is 0 Å². The minimum atomic E-state index is 1.03. The average Bonchev–Trinajstić information content (AvgIpc) is 2.27. The van der Waals surface area contributed by atoms with Crippen molar-refractivity contribution in [2.45, 2.75) is 19.3 Å². The lowest BCUT2D eigenvalue weighted by atomic mass is 9.71.